The van der Waals surface area contributed by atoms with Crippen molar-refractivity contribution in [2.45, 2.75) is 32.4 Å². The van der Waals surface area contributed by atoms with Gasteiger partial charge in [-0.1, -0.05) is 0 Å². The van der Waals surface area contributed by atoms with E-state index in [1.165, 1.54) is 6.07 Å². The molecule has 1 saturated heterocycles. The van der Waals surface area contributed by atoms with Gasteiger partial charge in [-0.05, 0) is 49.2 Å². The summed E-state index contributed by atoms with van der Waals surface area (Å²) in [6, 6.07) is 5.94. The number of imidazole rings is 1. The minimum absolute atomic E-state index is 0.00506. The summed E-state index contributed by atoms with van der Waals surface area (Å²) in [6.07, 6.45) is 0.330. The summed E-state index contributed by atoms with van der Waals surface area (Å²) < 4.78 is 71.3. The number of halogens is 4. The van der Waals surface area contributed by atoms with E-state index in [2.05, 4.69) is 9.97 Å². The van der Waals surface area contributed by atoms with E-state index in [4.69, 9.17) is 9.47 Å². The van der Waals surface area contributed by atoms with Crippen molar-refractivity contribution in [3.63, 3.8) is 0 Å². The first kappa shape index (κ1) is 24.7. The van der Waals surface area contributed by atoms with Gasteiger partial charge in [-0.3, -0.25) is 4.79 Å². The molecule has 7 nitrogen and oxygen atoms in total. The Hall–Kier alpha value is -3.99. The molecule has 0 bridgehead atoms. The van der Waals surface area contributed by atoms with Crippen LogP contribution < -0.4 is 5.56 Å². The number of nitrogens with zero attached hydrogens (tertiary/aromatic N) is 2. The quantitative estimate of drug-likeness (QED) is 0.289. The number of ether oxygens (including phenoxy) is 2. The van der Waals surface area contributed by atoms with Gasteiger partial charge in [0, 0.05) is 24.7 Å². The largest absolute Gasteiger partial charge is 0.462 e. The predicted molar refractivity (Wildman–Crippen MR) is 125 cm³/mol. The summed E-state index contributed by atoms with van der Waals surface area (Å²) in [5, 5.41) is 0. The second-order valence-electron chi connectivity index (χ2n) is 8.61. The van der Waals surface area contributed by atoms with Gasteiger partial charge in [0.05, 0.1) is 36.0 Å². The van der Waals surface area contributed by atoms with Gasteiger partial charge < -0.3 is 19.0 Å². The number of hydrogen-bond donors (Lipinski definition) is 1. The maximum atomic E-state index is 15.1. The highest BCUT2D eigenvalue weighted by Gasteiger charge is 2.25. The van der Waals surface area contributed by atoms with Crippen molar-refractivity contribution in [1.29, 1.82) is 0 Å². The Morgan fingerprint density at radius 2 is 1.89 bits per heavy atom. The van der Waals surface area contributed by atoms with Crippen molar-refractivity contribution in [1.82, 2.24) is 14.5 Å². The van der Waals surface area contributed by atoms with E-state index in [1.54, 1.807) is 11.5 Å². The highest BCUT2D eigenvalue weighted by Crippen LogP contribution is 2.29. The summed E-state index contributed by atoms with van der Waals surface area (Å²) in [6.45, 7) is 2.57. The Labute approximate surface area is 207 Å². The molecule has 2 aromatic heterocycles. The second kappa shape index (κ2) is 9.81. The number of aromatic nitrogens is 3. The van der Waals surface area contributed by atoms with Crippen LogP contribution in [0.5, 0.6) is 0 Å². The fourth-order valence-electron chi connectivity index (χ4n) is 4.27. The first-order chi connectivity index (χ1) is 17.7. The monoisotopic (exact) mass is 515 g/mol. The van der Waals surface area contributed by atoms with Gasteiger partial charge >= 0.3 is 5.97 Å². The number of aromatic amines is 1. The Morgan fingerprint density at radius 1 is 1.11 bits per heavy atom. The molecule has 3 heterocycles. The molecule has 4 aromatic rings. The highest BCUT2D eigenvalue weighted by molar-refractivity contribution is 5.94. The van der Waals surface area contributed by atoms with Crippen LogP contribution >= 0.6 is 0 Å². The zero-order valence-corrected chi connectivity index (χ0v) is 19.6. The van der Waals surface area contributed by atoms with Crippen LogP contribution in [0.2, 0.25) is 0 Å². The SMILES string of the molecule is CCOC(=O)c1cc(F)c2nc(Cc3cc(F)c(-c4[nH]c(=O)ccc4F)cc3F)n(CC3CCO3)c2c1. The van der Waals surface area contributed by atoms with Crippen LogP contribution in [0.1, 0.15) is 35.1 Å². The van der Waals surface area contributed by atoms with E-state index in [1.807, 2.05) is 0 Å². The fraction of sp³-hybridized carbons (Fsp3) is 0.269. The average molecular weight is 515 g/mol. The number of nitrogens with one attached hydrogen (secondary N) is 1. The molecule has 1 aliphatic heterocycles. The Kier molecular flexibility index (Phi) is 6.55. The van der Waals surface area contributed by atoms with E-state index in [-0.39, 0.29) is 53.7 Å². The first-order valence-electron chi connectivity index (χ1n) is 11.6. The van der Waals surface area contributed by atoms with Gasteiger partial charge in [-0.2, -0.15) is 0 Å². The zero-order valence-electron chi connectivity index (χ0n) is 19.6. The normalized spacial score (nSPS) is 15.1. The van der Waals surface area contributed by atoms with Crippen LogP contribution in [0.15, 0.2) is 41.2 Å². The number of carbonyl (C=O) groups is 1. The minimum atomic E-state index is -0.960. The van der Waals surface area contributed by atoms with Crippen molar-refractivity contribution in [2.75, 3.05) is 13.2 Å². The lowest BCUT2D eigenvalue weighted by molar-refractivity contribution is -0.0589. The number of fused-ring (bicyclic) bond motifs is 1. The Balaban J connectivity index is 1.58. The van der Waals surface area contributed by atoms with Crippen LogP contribution in [0.4, 0.5) is 17.6 Å². The minimum Gasteiger partial charge on any atom is -0.462 e. The van der Waals surface area contributed by atoms with Gasteiger partial charge in [0.2, 0.25) is 5.56 Å². The van der Waals surface area contributed by atoms with Gasteiger partial charge in [0.15, 0.2) is 5.82 Å². The molecule has 0 aliphatic carbocycles. The summed E-state index contributed by atoms with van der Waals surface area (Å²) >= 11 is 0. The summed E-state index contributed by atoms with van der Waals surface area (Å²) in [5.74, 6) is -3.99. The number of carbonyl (C=O) groups excluding carboxylic acids is 1. The fourth-order valence-corrected chi connectivity index (χ4v) is 4.27. The Morgan fingerprint density at radius 3 is 2.59 bits per heavy atom. The molecule has 1 unspecified atom stereocenters. The first-order valence-corrected chi connectivity index (χ1v) is 11.6. The third-order valence-corrected chi connectivity index (χ3v) is 6.20. The third-order valence-electron chi connectivity index (χ3n) is 6.20. The lowest BCUT2D eigenvalue weighted by Crippen LogP contribution is -2.31. The van der Waals surface area contributed by atoms with Crippen LogP contribution in [-0.4, -0.2) is 39.8 Å². The zero-order chi connectivity index (χ0) is 26.3. The molecule has 0 amide bonds. The average Bonchev–Trinajstić information content (AvgIpc) is 3.17. The van der Waals surface area contributed by atoms with Crippen molar-refractivity contribution in [3.8, 4) is 11.3 Å². The maximum Gasteiger partial charge on any atom is 0.338 e. The van der Waals surface area contributed by atoms with Crippen LogP contribution in [0, 0.1) is 23.3 Å². The van der Waals surface area contributed by atoms with Gasteiger partial charge in [0.25, 0.3) is 0 Å². The third kappa shape index (κ3) is 4.74. The molecule has 1 N–H and O–H groups in total. The number of esters is 1. The number of benzene rings is 2. The molecule has 0 spiro atoms. The van der Waals surface area contributed by atoms with Crippen LogP contribution in [0.25, 0.3) is 22.3 Å². The molecule has 1 atom stereocenters. The molecule has 192 valence electrons. The van der Waals surface area contributed by atoms with E-state index >= 15 is 4.39 Å². The molecule has 11 heteroatoms. The molecule has 0 radical (unpaired) electrons. The van der Waals surface area contributed by atoms with E-state index in [0.717, 1.165) is 36.8 Å². The van der Waals surface area contributed by atoms with E-state index in [0.29, 0.717) is 6.61 Å². The van der Waals surface area contributed by atoms with Crippen molar-refractivity contribution >= 4 is 17.0 Å². The topological polar surface area (TPSA) is 86.2 Å². The molecule has 1 fully saturated rings. The number of rotatable bonds is 7. The lowest BCUT2D eigenvalue weighted by Gasteiger charge is -2.27. The molecule has 2 aromatic carbocycles. The molecule has 37 heavy (non-hydrogen) atoms. The molecular formula is C26H21F4N3O4. The molecular weight excluding hydrogens is 494 g/mol. The summed E-state index contributed by atoms with van der Waals surface area (Å²) in [4.78, 5) is 30.3. The smallest absolute Gasteiger partial charge is 0.338 e. The van der Waals surface area contributed by atoms with Crippen molar-refractivity contribution in [3.05, 3.63) is 87.0 Å². The van der Waals surface area contributed by atoms with Gasteiger partial charge in [-0.25, -0.2) is 27.3 Å². The lowest BCUT2D eigenvalue weighted by atomic mass is 10.0. The molecule has 0 saturated carbocycles. The standard InChI is InChI=1S/C26H21F4N3O4/c1-2-36-26(35)14-8-20(30)25-21(9-14)33(12-15-5-6-37-15)22(31-25)10-13-7-19(29)16(11-18(13)28)24-17(27)3-4-23(34)32-24/h3-4,7-9,11,15H,2,5-6,10,12H2,1H3,(H,32,34). The molecule has 5 rings (SSSR count). The van der Waals surface area contributed by atoms with Crippen LogP contribution in [0.3, 0.4) is 0 Å². The second-order valence-corrected chi connectivity index (χ2v) is 8.61. The predicted octanol–water partition coefficient (Wildman–Crippen LogP) is 4.50. The number of H-pyrrole nitrogens is 1. The molecule has 1 aliphatic rings. The number of hydrogen-bond acceptors (Lipinski definition) is 5. The maximum absolute atomic E-state index is 15.1. The van der Waals surface area contributed by atoms with Gasteiger partial charge in [0.1, 0.15) is 28.8 Å². The van der Waals surface area contributed by atoms with E-state index < -0.39 is 46.1 Å². The Bertz CT molecular complexity index is 1580. The van der Waals surface area contributed by atoms with E-state index in [9.17, 15) is 22.8 Å². The van der Waals surface area contributed by atoms with Crippen molar-refractivity contribution in [2.24, 2.45) is 0 Å². The number of pyridine rings is 1. The summed E-state index contributed by atoms with van der Waals surface area (Å²) in [5.41, 5.74) is -1.46. The summed E-state index contributed by atoms with van der Waals surface area (Å²) in [7, 11) is 0. The van der Waals surface area contributed by atoms with Gasteiger partial charge in [-0.15, -0.1) is 0 Å². The van der Waals surface area contributed by atoms with Crippen LogP contribution in [-0.2, 0) is 22.4 Å². The highest BCUT2D eigenvalue weighted by atomic mass is 19.1. The van der Waals surface area contributed by atoms with Crippen molar-refractivity contribution < 1.29 is 31.8 Å².